The van der Waals surface area contributed by atoms with Crippen molar-refractivity contribution < 1.29 is 24.5 Å². The van der Waals surface area contributed by atoms with Crippen LogP contribution in [0.3, 0.4) is 0 Å². The molecule has 0 aliphatic rings. The molecule has 0 saturated heterocycles. The van der Waals surface area contributed by atoms with Crippen molar-refractivity contribution >= 4 is 16.9 Å². The van der Waals surface area contributed by atoms with Gasteiger partial charge in [-0.05, 0) is 28.8 Å². The summed E-state index contributed by atoms with van der Waals surface area (Å²) in [6.07, 6.45) is 0. The molecule has 3 aromatic carbocycles. The second-order valence-electron chi connectivity index (χ2n) is 6.99. The minimum atomic E-state index is -1.16. The van der Waals surface area contributed by atoms with E-state index in [1.54, 1.807) is 12.1 Å². The molecule has 0 amide bonds. The summed E-state index contributed by atoms with van der Waals surface area (Å²) in [5, 5.41) is 19.7. The average Bonchev–Trinajstić information content (AvgIpc) is 2.81. The minimum absolute atomic E-state index is 0.136. The van der Waals surface area contributed by atoms with Crippen LogP contribution in [-0.2, 0) is 19.8 Å². The zero-order valence-electron chi connectivity index (χ0n) is 16.7. The number of benzene rings is 3. The number of nitrogens with zero attached hydrogens (tertiary/aromatic N) is 1. The van der Waals surface area contributed by atoms with Crippen LogP contribution >= 0.6 is 0 Å². The Hall–Kier alpha value is -3.90. The molecule has 4 rings (SSSR count). The molecule has 2 N–H and O–H groups in total. The Bertz CT molecular complexity index is 1190. The van der Waals surface area contributed by atoms with Crippen molar-refractivity contribution in [1.29, 1.82) is 0 Å². The number of carboxylic acids is 1. The molecule has 0 spiro atoms. The van der Waals surface area contributed by atoms with Gasteiger partial charge in [0.15, 0.2) is 11.5 Å². The Labute approximate surface area is 179 Å². The lowest BCUT2D eigenvalue weighted by molar-refractivity contribution is 0.0690. The number of aromatic nitrogens is 1. The number of fused-ring (bicyclic) bond motifs is 1. The first-order valence-corrected chi connectivity index (χ1v) is 9.79. The molecule has 6 heteroatoms. The molecule has 0 radical (unpaired) electrons. The molecule has 31 heavy (non-hydrogen) atoms. The van der Waals surface area contributed by atoms with E-state index in [9.17, 15) is 15.0 Å². The summed E-state index contributed by atoms with van der Waals surface area (Å²) in [7, 11) is 0. The molecule has 1 aromatic heterocycles. The average molecular weight is 415 g/mol. The lowest BCUT2D eigenvalue weighted by Gasteiger charge is -2.15. The van der Waals surface area contributed by atoms with Gasteiger partial charge in [0.25, 0.3) is 0 Å². The number of carboxylic acid groups (broad SMARTS) is 1. The Balaban J connectivity index is 1.73. The summed E-state index contributed by atoms with van der Waals surface area (Å²) in [6.45, 7) is 0.338. The van der Waals surface area contributed by atoms with Gasteiger partial charge >= 0.3 is 5.97 Å². The van der Waals surface area contributed by atoms with Gasteiger partial charge in [0.05, 0.1) is 12.1 Å². The fourth-order valence-electron chi connectivity index (χ4n) is 3.24. The molecular formula is C25H21NO5. The van der Waals surface area contributed by atoms with Gasteiger partial charge in [-0.15, -0.1) is 0 Å². The first kappa shape index (κ1) is 20.4. The normalized spacial score (nSPS) is 10.7. The monoisotopic (exact) mass is 415 g/mol. The van der Waals surface area contributed by atoms with Gasteiger partial charge in [0, 0.05) is 11.5 Å². The second kappa shape index (κ2) is 9.28. The maximum atomic E-state index is 11.4. The van der Waals surface area contributed by atoms with E-state index in [0.717, 1.165) is 11.1 Å². The highest BCUT2D eigenvalue weighted by Gasteiger charge is 2.15. The third-order valence-electron chi connectivity index (χ3n) is 4.82. The Morgan fingerprint density at radius 1 is 0.806 bits per heavy atom. The number of pyridine rings is 1. The standard InChI is InChI=1S/C25H21NO5/c27-14-19-11-22(25(28)29)26-21-13-24(31-16-18-9-5-2-6-10-18)23(12-20(19)21)30-15-17-7-3-1-4-8-17/h1-13,27H,14-16H2,(H,28,29). The first-order valence-electron chi connectivity index (χ1n) is 9.79. The lowest BCUT2D eigenvalue weighted by Crippen LogP contribution is -2.05. The van der Waals surface area contributed by atoms with Crippen LogP contribution in [-0.4, -0.2) is 21.2 Å². The zero-order chi connectivity index (χ0) is 21.6. The number of rotatable bonds is 8. The van der Waals surface area contributed by atoms with Gasteiger partial charge in [-0.3, -0.25) is 0 Å². The highest BCUT2D eigenvalue weighted by atomic mass is 16.5. The lowest BCUT2D eigenvalue weighted by atomic mass is 10.1. The molecule has 0 aliphatic heterocycles. The second-order valence-corrected chi connectivity index (χ2v) is 6.99. The number of aliphatic hydroxyl groups is 1. The zero-order valence-corrected chi connectivity index (χ0v) is 16.7. The highest BCUT2D eigenvalue weighted by Crippen LogP contribution is 2.35. The maximum absolute atomic E-state index is 11.4. The fraction of sp³-hybridized carbons (Fsp3) is 0.120. The van der Waals surface area contributed by atoms with Crippen molar-refractivity contribution in [3.63, 3.8) is 0 Å². The summed E-state index contributed by atoms with van der Waals surface area (Å²) in [5.74, 6) is -0.217. The van der Waals surface area contributed by atoms with Crippen LogP contribution in [0.15, 0.2) is 78.9 Å². The van der Waals surface area contributed by atoms with E-state index in [1.807, 2.05) is 60.7 Å². The largest absolute Gasteiger partial charge is 0.485 e. The number of aliphatic hydroxyl groups excluding tert-OH is 1. The van der Waals surface area contributed by atoms with Gasteiger partial charge in [-0.2, -0.15) is 0 Å². The summed E-state index contributed by atoms with van der Waals surface area (Å²) in [4.78, 5) is 15.6. The van der Waals surface area contributed by atoms with Gasteiger partial charge < -0.3 is 19.7 Å². The number of carbonyl (C=O) groups is 1. The topological polar surface area (TPSA) is 88.9 Å². The summed E-state index contributed by atoms with van der Waals surface area (Å²) < 4.78 is 12.1. The SMILES string of the molecule is O=C(O)c1cc(CO)c2cc(OCc3ccccc3)c(OCc3ccccc3)cc2n1. The Morgan fingerprint density at radius 3 is 1.87 bits per heavy atom. The predicted molar refractivity (Wildman–Crippen MR) is 116 cm³/mol. The molecule has 4 aromatic rings. The van der Waals surface area contributed by atoms with Crippen molar-refractivity contribution in [2.24, 2.45) is 0 Å². The van der Waals surface area contributed by atoms with E-state index in [0.29, 0.717) is 41.2 Å². The summed E-state index contributed by atoms with van der Waals surface area (Å²) >= 11 is 0. The quantitative estimate of drug-likeness (QED) is 0.438. The molecule has 0 bridgehead atoms. The molecular weight excluding hydrogens is 394 g/mol. The van der Waals surface area contributed by atoms with E-state index >= 15 is 0 Å². The highest BCUT2D eigenvalue weighted by molar-refractivity contribution is 5.92. The van der Waals surface area contributed by atoms with Crippen LogP contribution in [0.5, 0.6) is 11.5 Å². The van der Waals surface area contributed by atoms with E-state index in [-0.39, 0.29) is 12.3 Å². The van der Waals surface area contributed by atoms with Gasteiger partial charge in [0.1, 0.15) is 18.9 Å². The molecule has 0 fully saturated rings. The fourth-order valence-corrected chi connectivity index (χ4v) is 3.24. The molecule has 0 aliphatic carbocycles. The van der Waals surface area contributed by atoms with Crippen molar-refractivity contribution in [3.8, 4) is 11.5 Å². The Kier molecular flexibility index (Phi) is 6.10. The smallest absolute Gasteiger partial charge is 0.354 e. The summed E-state index contributed by atoms with van der Waals surface area (Å²) in [6, 6.07) is 24.2. The van der Waals surface area contributed by atoms with Crippen LogP contribution in [0.1, 0.15) is 27.2 Å². The van der Waals surface area contributed by atoms with E-state index in [1.165, 1.54) is 6.07 Å². The van der Waals surface area contributed by atoms with E-state index in [2.05, 4.69) is 4.98 Å². The van der Waals surface area contributed by atoms with Crippen LogP contribution < -0.4 is 9.47 Å². The van der Waals surface area contributed by atoms with Crippen molar-refractivity contribution in [1.82, 2.24) is 4.98 Å². The molecule has 6 nitrogen and oxygen atoms in total. The van der Waals surface area contributed by atoms with E-state index < -0.39 is 5.97 Å². The number of ether oxygens (including phenoxy) is 2. The summed E-state index contributed by atoms with van der Waals surface area (Å²) in [5.41, 5.74) is 2.72. The first-order chi connectivity index (χ1) is 15.1. The third-order valence-corrected chi connectivity index (χ3v) is 4.82. The van der Waals surface area contributed by atoms with E-state index in [4.69, 9.17) is 9.47 Å². The number of hydrogen-bond donors (Lipinski definition) is 2. The Morgan fingerprint density at radius 2 is 1.35 bits per heavy atom. The van der Waals surface area contributed by atoms with Crippen molar-refractivity contribution in [3.05, 3.63) is 101 Å². The van der Waals surface area contributed by atoms with Crippen molar-refractivity contribution in [2.75, 3.05) is 0 Å². The van der Waals surface area contributed by atoms with Crippen molar-refractivity contribution in [2.45, 2.75) is 19.8 Å². The van der Waals surface area contributed by atoms with Gasteiger partial charge in [0.2, 0.25) is 0 Å². The number of hydrogen-bond acceptors (Lipinski definition) is 5. The van der Waals surface area contributed by atoms with Crippen LogP contribution in [0.25, 0.3) is 10.9 Å². The third kappa shape index (κ3) is 4.82. The van der Waals surface area contributed by atoms with Crippen LogP contribution in [0.2, 0.25) is 0 Å². The maximum Gasteiger partial charge on any atom is 0.354 e. The molecule has 0 atom stereocenters. The molecule has 0 saturated carbocycles. The molecule has 1 heterocycles. The van der Waals surface area contributed by atoms with Gasteiger partial charge in [-0.25, -0.2) is 9.78 Å². The number of aromatic carboxylic acids is 1. The van der Waals surface area contributed by atoms with Crippen LogP contribution in [0.4, 0.5) is 0 Å². The molecule has 156 valence electrons. The minimum Gasteiger partial charge on any atom is -0.485 e. The van der Waals surface area contributed by atoms with Gasteiger partial charge in [-0.1, -0.05) is 60.7 Å². The predicted octanol–water partition coefficient (Wildman–Crippen LogP) is 4.58. The molecule has 0 unspecified atom stereocenters. The van der Waals surface area contributed by atoms with Crippen LogP contribution in [0, 0.1) is 0 Å².